The van der Waals surface area contributed by atoms with Crippen LogP contribution in [0.3, 0.4) is 0 Å². The Bertz CT molecular complexity index is 289. The highest BCUT2D eigenvalue weighted by Crippen LogP contribution is 2.17. The zero-order valence-corrected chi connectivity index (χ0v) is 12.5. The van der Waals surface area contributed by atoms with Crippen LogP contribution in [0.1, 0.15) is 46.0 Å². The molecule has 19 heavy (non-hydrogen) atoms. The summed E-state index contributed by atoms with van der Waals surface area (Å²) < 4.78 is 0. The van der Waals surface area contributed by atoms with Crippen LogP contribution in [0.4, 0.5) is 0 Å². The molecule has 0 aliphatic carbocycles. The lowest BCUT2D eigenvalue weighted by Crippen LogP contribution is -2.47. The lowest BCUT2D eigenvalue weighted by Gasteiger charge is -2.33. The molecule has 0 aromatic rings. The van der Waals surface area contributed by atoms with Gasteiger partial charge in [-0.25, -0.2) is 0 Å². The van der Waals surface area contributed by atoms with Crippen molar-refractivity contribution in [3.8, 4) is 0 Å². The van der Waals surface area contributed by atoms with Crippen LogP contribution in [0.25, 0.3) is 0 Å². The van der Waals surface area contributed by atoms with E-state index in [0.717, 1.165) is 32.5 Å². The maximum atomic E-state index is 12.3. The molecule has 2 aliphatic heterocycles. The summed E-state index contributed by atoms with van der Waals surface area (Å²) >= 11 is 0. The van der Waals surface area contributed by atoms with Crippen LogP contribution in [0.2, 0.25) is 0 Å². The first kappa shape index (κ1) is 14.8. The van der Waals surface area contributed by atoms with Gasteiger partial charge in [0.1, 0.15) is 0 Å². The van der Waals surface area contributed by atoms with Crippen molar-refractivity contribution in [2.45, 2.75) is 58.0 Å². The lowest BCUT2D eigenvalue weighted by atomic mass is 10.1. The van der Waals surface area contributed by atoms with Gasteiger partial charge in [0.05, 0.1) is 6.04 Å². The first-order valence-electron chi connectivity index (χ1n) is 7.98. The summed E-state index contributed by atoms with van der Waals surface area (Å²) in [4.78, 5) is 16.9. The van der Waals surface area contributed by atoms with Gasteiger partial charge < -0.3 is 15.1 Å². The van der Waals surface area contributed by atoms with Crippen molar-refractivity contribution in [1.29, 1.82) is 0 Å². The van der Waals surface area contributed by atoms with E-state index in [0.29, 0.717) is 11.9 Å². The number of carbonyl (C=O) groups is 1. The van der Waals surface area contributed by atoms with Crippen LogP contribution in [0.15, 0.2) is 0 Å². The third kappa shape index (κ3) is 3.93. The molecule has 0 spiro atoms. The highest BCUT2D eigenvalue weighted by molar-refractivity contribution is 5.84. The van der Waals surface area contributed by atoms with Crippen LogP contribution in [0, 0.1) is 0 Å². The van der Waals surface area contributed by atoms with Gasteiger partial charge in [-0.3, -0.25) is 4.79 Å². The van der Waals surface area contributed by atoms with Crippen LogP contribution < -0.4 is 5.32 Å². The van der Waals surface area contributed by atoms with E-state index >= 15 is 0 Å². The Kier molecular flexibility index (Phi) is 5.64. The Morgan fingerprint density at radius 2 is 2.00 bits per heavy atom. The molecule has 0 bridgehead atoms. The van der Waals surface area contributed by atoms with E-state index in [1.807, 2.05) is 0 Å². The zero-order valence-electron chi connectivity index (χ0n) is 12.5. The number of nitrogens with zero attached hydrogens (tertiary/aromatic N) is 2. The number of piperidine rings is 1. The van der Waals surface area contributed by atoms with Crippen LogP contribution in [-0.4, -0.2) is 60.5 Å². The van der Waals surface area contributed by atoms with Gasteiger partial charge in [0.15, 0.2) is 0 Å². The molecule has 0 saturated carbocycles. The zero-order chi connectivity index (χ0) is 13.7. The number of carbonyl (C=O) groups excluding carboxylic acids is 1. The second-order valence-corrected chi connectivity index (χ2v) is 6.04. The molecule has 4 nitrogen and oxygen atoms in total. The van der Waals surface area contributed by atoms with E-state index < -0.39 is 0 Å². The molecular weight excluding hydrogens is 238 g/mol. The molecule has 0 aromatic carbocycles. The molecule has 2 heterocycles. The summed E-state index contributed by atoms with van der Waals surface area (Å²) in [6.07, 6.45) is 6.08. The molecule has 0 aromatic heterocycles. The minimum atomic E-state index is 0.0729. The SMILES string of the molecule is CCCNC1CCN(C(C)CN2CCCCC2)C1=O. The molecule has 2 aliphatic rings. The van der Waals surface area contributed by atoms with Crippen molar-refractivity contribution in [1.82, 2.24) is 15.1 Å². The predicted octanol–water partition coefficient (Wildman–Crippen LogP) is 1.46. The van der Waals surface area contributed by atoms with Gasteiger partial charge in [0, 0.05) is 19.1 Å². The predicted molar refractivity (Wildman–Crippen MR) is 78.2 cm³/mol. The number of hydrogen-bond acceptors (Lipinski definition) is 3. The number of hydrogen-bond donors (Lipinski definition) is 1. The number of rotatable bonds is 6. The van der Waals surface area contributed by atoms with Crippen molar-refractivity contribution in [3.05, 3.63) is 0 Å². The average Bonchev–Trinajstić information content (AvgIpc) is 2.79. The normalized spacial score (nSPS) is 26.9. The fourth-order valence-corrected chi connectivity index (χ4v) is 3.26. The van der Waals surface area contributed by atoms with E-state index in [2.05, 4.69) is 29.0 Å². The van der Waals surface area contributed by atoms with Crippen LogP contribution >= 0.6 is 0 Å². The molecule has 0 radical (unpaired) electrons. The summed E-state index contributed by atoms with van der Waals surface area (Å²) in [5, 5.41) is 3.36. The maximum absolute atomic E-state index is 12.3. The third-order valence-corrected chi connectivity index (χ3v) is 4.38. The lowest BCUT2D eigenvalue weighted by molar-refractivity contribution is -0.131. The molecule has 2 saturated heterocycles. The summed E-state index contributed by atoms with van der Waals surface area (Å²) in [6.45, 7) is 9.69. The molecule has 1 N–H and O–H groups in total. The molecule has 4 heteroatoms. The Morgan fingerprint density at radius 1 is 1.26 bits per heavy atom. The van der Waals surface area contributed by atoms with Gasteiger partial charge in [-0.1, -0.05) is 13.3 Å². The van der Waals surface area contributed by atoms with E-state index in [1.165, 1.54) is 32.4 Å². The first-order valence-corrected chi connectivity index (χ1v) is 7.98. The van der Waals surface area contributed by atoms with E-state index in [-0.39, 0.29) is 6.04 Å². The largest absolute Gasteiger partial charge is 0.337 e. The van der Waals surface area contributed by atoms with Crippen LogP contribution in [0.5, 0.6) is 0 Å². The van der Waals surface area contributed by atoms with Crippen LogP contribution in [-0.2, 0) is 4.79 Å². The summed E-state index contributed by atoms with van der Waals surface area (Å²) in [5.41, 5.74) is 0. The summed E-state index contributed by atoms with van der Waals surface area (Å²) in [5.74, 6) is 0.318. The quantitative estimate of drug-likeness (QED) is 0.791. The molecule has 2 fully saturated rings. The molecule has 2 rings (SSSR count). The Hall–Kier alpha value is -0.610. The number of amides is 1. The van der Waals surface area contributed by atoms with Gasteiger partial charge in [0.25, 0.3) is 0 Å². The van der Waals surface area contributed by atoms with Gasteiger partial charge in [0.2, 0.25) is 5.91 Å². The number of likely N-dealkylation sites (tertiary alicyclic amines) is 2. The van der Waals surface area contributed by atoms with Gasteiger partial charge in [-0.2, -0.15) is 0 Å². The van der Waals surface area contributed by atoms with Crippen molar-refractivity contribution < 1.29 is 4.79 Å². The molecular formula is C15H29N3O. The monoisotopic (exact) mass is 267 g/mol. The fraction of sp³-hybridized carbons (Fsp3) is 0.933. The summed E-state index contributed by atoms with van der Waals surface area (Å²) in [6, 6.07) is 0.433. The summed E-state index contributed by atoms with van der Waals surface area (Å²) in [7, 11) is 0. The van der Waals surface area contributed by atoms with Crippen molar-refractivity contribution >= 4 is 5.91 Å². The van der Waals surface area contributed by atoms with Crippen molar-refractivity contribution in [2.24, 2.45) is 0 Å². The highest BCUT2D eigenvalue weighted by atomic mass is 16.2. The topological polar surface area (TPSA) is 35.6 Å². The fourth-order valence-electron chi connectivity index (χ4n) is 3.26. The van der Waals surface area contributed by atoms with E-state index in [1.54, 1.807) is 0 Å². The second-order valence-electron chi connectivity index (χ2n) is 6.04. The average molecular weight is 267 g/mol. The smallest absolute Gasteiger partial charge is 0.240 e. The van der Waals surface area contributed by atoms with Gasteiger partial charge >= 0.3 is 0 Å². The van der Waals surface area contributed by atoms with E-state index in [9.17, 15) is 4.79 Å². The molecule has 2 unspecified atom stereocenters. The van der Waals surface area contributed by atoms with E-state index in [4.69, 9.17) is 0 Å². The molecule has 2 atom stereocenters. The van der Waals surface area contributed by atoms with Gasteiger partial charge in [-0.15, -0.1) is 0 Å². The molecule has 110 valence electrons. The minimum absolute atomic E-state index is 0.0729. The molecule has 1 amide bonds. The third-order valence-electron chi connectivity index (χ3n) is 4.38. The van der Waals surface area contributed by atoms with Gasteiger partial charge in [-0.05, 0) is 52.2 Å². The standard InChI is InChI=1S/C15H29N3O/c1-3-8-16-14-7-11-18(15(14)19)13(2)12-17-9-5-4-6-10-17/h13-14,16H,3-12H2,1-2H3. The second kappa shape index (κ2) is 7.25. The number of nitrogens with one attached hydrogen (secondary N) is 1. The van der Waals surface area contributed by atoms with Crippen molar-refractivity contribution in [2.75, 3.05) is 32.7 Å². The maximum Gasteiger partial charge on any atom is 0.240 e. The first-order chi connectivity index (χ1) is 9.22. The Morgan fingerprint density at radius 3 is 2.68 bits per heavy atom. The Balaban J connectivity index is 1.79. The van der Waals surface area contributed by atoms with Crippen molar-refractivity contribution in [3.63, 3.8) is 0 Å². The Labute approximate surface area is 117 Å². The minimum Gasteiger partial charge on any atom is -0.337 e. The highest BCUT2D eigenvalue weighted by Gasteiger charge is 2.34.